The average molecular weight is 267 g/mol. The highest BCUT2D eigenvalue weighted by molar-refractivity contribution is 8.00. The third kappa shape index (κ3) is 3.13. The van der Waals surface area contributed by atoms with Crippen LogP contribution in [0.2, 0.25) is 0 Å². The van der Waals surface area contributed by atoms with Gasteiger partial charge in [0.05, 0.1) is 0 Å². The number of aromatic carboxylic acids is 1. The zero-order valence-electron chi connectivity index (χ0n) is 10.6. The fraction of sp³-hybridized carbons (Fsp3) is 0.583. The van der Waals surface area contributed by atoms with Gasteiger partial charge in [-0.3, -0.25) is 0 Å². The van der Waals surface area contributed by atoms with E-state index in [0.29, 0.717) is 11.6 Å². The van der Waals surface area contributed by atoms with Crippen LogP contribution in [0.3, 0.4) is 0 Å². The van der Waals surface area contributed by atoms with Gasteiger partial charge in [-0.1, -0.05) is 0 Å². The maximum absolute atomic E-state index is 10.9. The van der Waals surface area contributed by atoms with E-state index in [1.165, 1.54) is 24.7 Å². The number of aryl methyl sites for hydroxylation is 1. The Kier molecular flexibility index (Phi) is 3.75. The average Bonchev–Trinajstić information content (AvgIpc) is 2.73. The Morgan fingerprint density at radius 3 is 3.00 bits per heavy atom. The highest BCUT2D eigenvalue weighted by Crippen LogP contribution is 2.37. The van der Waals surface area contributed by atoms with E-state index < -0.39 is 5.97 Å². The Morgan fingerprint density at radius 1 is 1.61 bits per heavy atom. The van der Waals surface area contributed by atoms with Gasteiger partial charge in [-0.15, -0.1) is 0 Å². The van der Waals surface area contributed by atoms with Crippen LogP contribution in [0.15, 0.2) is 6.07 Å². The minimum atomic E-state index is -1.02. The summed E-state index contributed by atoms with van der Waals surface area (Å²) < 4.78 is 0.205. The fourth-order valence-corrected chi connectivity index (χ4v) is 3.24. The van der Waals surface area contributed by atoms with Crippen LogP contribution in [0.4, 0.5) is 5.95 Å². The first-order valence-corrected chi connectivity index (χ1v) is 6.94. The minimum absolute atomic E-state index is 0.0363. The van der Waals surface area contributed by atoms with Gasteiger partial charge in [0.2, 0.25) is 5.95 Å². The van der Waals surface area contributed by atoms with Gasteiger partial charge in [-0.2, -0.15) is 11.8 Å². The van der Waals surface area contributed by atoms with Crippen molar-refractivity contribution < 1.29 is 9.90 Å². The lowest BCUT2D eigenvalue weighted by atomic mass is 10.1. The molecule has 2 rings (SSSR count). The summed E-state index contributed by atoms with van der Waals surface area (Å²) in [7, 11) is 0. The lowest BCUT2D eigenvalue weighted by Crippen LogP contribution is -2.28. The zero-order chi connectivity index (χ0) is 13.2. The van der Waals surface area contributed by atoms with Gasteiger partial charge in [0.15, 0.2) is 5.69 Å². The predicted molar refractivity (Wildman–Crippen MR) is 72.3 cm³/mol. The smallest absolute Gasteiger partial charge is 0.354 e. The van der Waals surface area contributed by atoms with Crippen molar-refractivity contribution in [3.63, 3.8) is 0 Å². The van der Waals surface area contributed by atoms with Gasteiger partial charge < -0.3 is 10.4 Å². The molecule has 2 heterocycles. The first kappa shape index (κ1) is 13.1. The fourth-order valence-electron chi connectivity index (χ4n) is 2.00. The Morgan fingerprint density at radius 2 is 2.39 bits per heavy atom. The molecule has 0 bridgehead atoms. The van der Waals surface area contributed by atoms with Crippen LogP contribution in [-0.4, -0.2) is 38.1 Å². The number of anilines is 1. The van der Waals surface area contributed by atoms with Crippen LogP contribution in [-0.2, 0) is 0 Å². The predicted octanol–water partition coefficient (Wildman–Crippen LogP) is 2.18. The van der Waals surface area contributed by atoms with Gasteiger partial charge in [0.25, 0.3) is 0 Å². The second-order valence-electron chi connectivity index (χ2n) is 4.78. The maximum Gasteiger partial charge on any atom is 0.354 e. The Balaban J connectivity index is 2.07. The van der Waals surface area contributed by atoms with Crippen molar-refractivity contribution in [2.75, 3.05) is 17.6 Å². The summed E-state index contributed by atoms with van der Waals surface area (Å²) in [5, 5.41) is 12.1. The number of hydrogen-bond donors (Lipinski definition) is 2. The van der Waals surface area contributed by atoms with Gasteiger partial charge in [0, 0.05) is 17.0 Å². The molecule has 0 aliphatic carbocycles. The summed E-state index contributed by atoms with van der Waals surface area (Å²) in [6, 6.07) is 1.47. The van der Waals surface area contributed by atoms with Gasteiger partial charge in [-0.25, -0.2) is 14.8 Å². The molecule has 1 aliphatic rings. The Labute approximate surface area is 110 Å². The second kappa shape index (κ2) is 5.14. The van der Waals surface area contributed by atoms with Gasteiger partial charge >= 0.3 is 5.97 Å². The molecule has 1 saturated heterocycles. The van der Waals surface area contributed by atoms with Crippen LogP contribution < -0.4 is 5.32 Å². The normalized spacial score (nSPS) is 23.0. The number of carboxylic acids is 1. The van der Waals surface area contributed by atoms with Crippen LogP contribution in [0.25, 0.3) is 0 Å². The molecule has 1 unspecified atom stereocenters. The van der Waals surface area contributed by atoms with Crippen molar-refractivity contribution in [1.82, 2.24) is 9.97 Å². The third-order valence-electron chi connectivity index (χ3n) is 2.99. The monoisotopic (exact) mass is 267 g/mol. The van der Waals surface area contributed by atoms with Gasteiger partial charge in [-0.05, 0) is 38.5 Å². The second-order valence-corrected chi connectivity index (χ2v) is 6.46. The van der Waals surface area contributed by atoms with Crippen molar-refractivity contribution in [2.24, 2.45) is 0 Å². The molecule has 1 aromatic heterocycles. The number of carboxylic acid groups (broad SMARTS) is 1. The van der Waals surface area contributed by atoms with Crippen LogP contribution in [0.5, 0.6) is 0 Å². The molecule has 0 spiro atoms. The molecule has 0 saturated carbocycles. The van der Waals surface area contributed by atoms with Crippen molar-refractivity contribution >= 4 is 23.7 Å². The van der Waals surface area contributed by atoms with E-state index in [4.69, 9.17) is 5.11 Å². The molecular weight excluding hydrogens is 250 g/mol. The minimum Gasteiger partial charge on any atom is -0.477 e. The summed E-state index contributed by atoms with van der Waals surface area (Å²) in [5.41, 5.74) is 0.698. The van der Waals surface area contributed by atoms with E-state index in [-0.39, 0.29) is 10.4 Å². The Hall–Kier alpha value is -1.30. The summed E-state index contributed by atoms with van der Waals surface area (Å²) in [6.45, 7) is 4.75. The molecular formula is C12H17N3O2S. The van der Waals surface area contributed by atoms with Crippen LogP contribution >= 0.6 is 11.8 Å². The largest absolute Gasteiger partial charge is 0.477 e. The molecule has 0 radical (unpaired) electrons. The third-order valence-corrected chi connectivity index (χ3v) is 4.53. The molecule has 0 amide bonds. The molecule has 1 fully saturated rings. The zero-order valence-corrected chi connectivity index (χ0v) is 11.4. The highest BCUT2D eigenvalue weighted by atomic mass is 32.2. The van der Waals surface area contributed by atoms with Crippen molar-refractivity contribution in [3.8, 4) is 0 Å². The lowest BCUT2D eigenvalue weighted by Gasteiger charge is -2.22. The number of nitrogens with zero attached hydrogens (tertiary/aromatic N) is 2. The molecule has 1 atom stereocenters. The molecule has 6 heteroatoms. The van der Waals surface area contributed by atoms with Crippen molar-refractivity contribution in [2.45, 2.75) is 31.4 Å². The van der Waals surface area contributed by atoms with E-state index in [0.717, 1.165) is 6.54 Å². The summed E-state index contributed by atoms with van der Waals surface area (Å²) in [4.78, 5) is 19.1. The molecule has 5 nitrogen and oxygen atoms in total. The van der Waals surface area contributed by atoms with E-state index in [1.54, 1.807) is 6.92 Å². The molecule has 98 valence electrons. The standard InChI is InChI=1S/C12H17N3O2S/c1-8-6-9(10(16)17)15-11(14-8)13-7-12(2)4-3-5-18-12/h6H,3-5,7H2,1-2H3,(H,16,17)(H,13,14,15). The lowest BCUT2D eigenvalue weighted by molar-refractivity contribution is 0.0690. The molecule has 2 N–H and O–H groups in total. The van der Waals surface area contributed by atoms with Crippen molar-refractivity contribution in [1.29, 1.82) is 0 Å². The van der Waals surface area contributed by atoms with Crippen LogP contribution in [0.1, 0.15) is 35.9 Å². The topological polar surface area (TPSA) is 75.1 Å². The molecule has 18 heavy (non-hydrogen) atoms. The quantitative estimate of drug-likeness (QED) is 0.871. The number of hydrogen-bond acceptors (Lipinski definition) is 5. The molecule has 1 aliphatic heterocycles. The first-order chi connectivity index (χ1) is 8.48. The Bertz CT molecular complexity index is 459. The van der Waals surface area contributed by atoms with Gasteiger partial charge in [0.1, 0.15) is 0 Å². The highest BCUT2D eigenvalue weighted by Gasteiger charge is 2.29. The summed E-state index contributed by atoms with van der Waals surface area (Å²) in [5.74, 6) is 0.568. The van der Waals surface area contributed by atoms with E-state index in [9.17, 15) is 4.79 Å². The van der Waals surface area contributed by atoms with E-state index in [1.807, 2.05) is 11.8 Å². The SMILES string of the molecule is Cc1cc(C(=O)O)nc(NCC2(C)CCCS2)n1. The maximum atomic E-state index is 10.9. The molecule has 0 aromatic carbocycles. The molecule has 1 aromatic rings. The number of thioether (sulfide) groups is 1. The van der Waals surface area contributed by atoms with E-state index in [2.05, 4.69) is 22.2 Å². The number of aromatic nitrogens is 2. The number of nitrogens with one attached hydrogen (secondary N) is 1. The first-order valence-electron chi connectivity index (χ1n) is 5.95. The van der Waals surface area contributed by atoms with E-state index >= 15 is 0 Å². The number of rotatable bonds is 4. The van der Waals surface area contributed by atoms with Crippen LogP contribution in [0, 0.1) is 6.92 Å². The summed E-state index contributed by atoms with van der Waals surface area (Å²) in [6.07, 6.45) is 2.40. The number of carbonyl (C=O) groups is 1. The van der Waals surface area contributed by atoms with Crippen molar-refractivity contribution in [3.05, 3.63) is 17.5 Å². The summed E-state index contributed by atoms with van der Waals surface area (Å²) >= 11 is 1.94.